The zero-order valence-electron chi connectivity index (χ0n) is 20.5. The Bertz CT molecular complexity index is 1490. The van der Waals surface area contributed by atoms with E-state index in [1.165, 1.54) is 47.2 Å². The summed E-state index contributed by atoms with van der Waals surface area (Å²) in [5.74, 6) is 0. The second kappa shape index (κ2) is 10.2. The lowest BCUT2D eigenvalue weighted by molar-refractivity contribution is 0.561. The molecule has 0 aliphatic rings. The van der Waals surface area contributed by atoms with Crippen LogP contribution in [0.15, 0.2) is 100 Å². The number of aromatic nitrogens is 1. The third kappa shape index (κ3) is 4.85. The van der Waals surface area contributed by atoms with E-state index in [4.69, 9.17) is 4.42 Å². The molecular formula is C32H31NO2. The van der Waals surface area contributed by atoms with Gasteiger partial charge in [-0.2, -0.15) is 0 Å². The van der Waals surface area contributed by atoms with Crippen molar-refractivity contribution >= 4 is 11.0 Å². The lowest BCUT2D eigenvalue weighted by Crippen LogP contribution is -2.02. The third-order valence-electron chi connectivity index (χ3n) is 6.74. The Morgan fingerprint density at radius 1 is 0.829 bits per heavy atom. The molecule has 3 nitrogen and oxygen atoms in total. The molecule has 0 bridgehead atoms. The molecule has 0 radical (unpaired) electrons. The molecule has 0 saturated carbocycles. The van der Waals surface area contributed by atoms with E-state index in [9.17, 15) is 4.79 Å². The summed E-state index contributed by atoms with van der Waals surface area (Å²) in [4.78, 5) is 12.2. The van der Waals surface area contributed by atoms with Crippen LogP contribution in [-0.2, 0) is 13.0 Å². The summed E-state index contributed by atoms with van der Waals surface area (Å²) in [5.41, 5.74) is 8.80. The van der Waals surface area contributed by atoms with Crippen LogP contribution in [0.1, 0.15) is 42.9 Å². The largest absolute Gasteiger partial charge is 0.423 e. The van der Waals surface area contributed by atoms with Gasteiger partial charge < -0.3 is 8.98 Å². The standard InChI is InChI=1S/C32H31NO2/c1-3-4-6-13-27-23(2)21-33(22-24-11-7-5-8-12-24)32(27)26-18-16-25(17-19-26)29-20-31(34)35-30-15-10-9-14-28(29)30/h5,7-12,14-21H,3-4,6,13,22H2,1-2H3. The minimum atomic E-state index is -0.326. The fourth-order valence-corrected chi connectivity index (χ4v) is 5.01. The smallest absolute Gasteiger partial charge is 0.336 e. The van der Waals surface area contributed by atoms with Gasteiger partial charge in [0.2, 0.25) is 0 Å². The zero-order valence-corrected chi connectivity index (χ0v) is 20.5. The van der Waals surface area contributed by atoms with Crippen molar-refractivity contribution in [2.75, 3.05) is 0 Å². The number of fused-ring (bicyclic) bond motifs is 1. The number of hydrogen-bond donors (Lipinski definition) is 0. The molecule has 0 unspecified atom stereocenters. The number of unbranched alkanes of at least 4 members (excludes halogenated alkanes) is 2. The highest BCUT2D eigenvalue weighted by atomic mass is 16.4. The van der Waals surface area contributed by atoms with Gasteiger partial charge in [0.1, 0.15) is 5.58 Å². The summed E-state index contributed by atoms with van der Waals surface area (Å²) < 4.78 is 7.79. The minimum Gasteiger partial charge on any atom is -0.423 e. The van der Waals surface area contributed by atoms with Crippen molar-refractivity contribution in [3.63, 3.8) is 0 Å². The summed E-state index contributed by atoms with van der Waals surface area (Å²) in [7, 11) is 0. The first-order valence-electron chi connectivity index (χ1n) is 12.5. The Hall–Kier alpha value is -3.85. The van der Waals surface area contributed by atoms with Gasteiger partial charge in [-0.15, -0.1) is 0 Å². The molecule has 5 aromatic rings. The van der Waals surface area contributed by atoms with E-state index in [2.05, 4.69) is 79.2 Å². The molecule has 2 aromatic heterocycles. The highest BCUT2D eigenvalue weighted by Crippen LogP contribution is 2.33. The van der Waals surface area contributed by atoms with Crippen molar-refractivity contribution in [3.05, 3.63) is 118 Å². The van der Waals surface area contributed by atoms with Crippen LogP contribution in [-0.4, -0.2) is 4.57 Å². The van der Waals surface area contributed by atoms with Gasteiger partial charge in [-0.1, -0.05) is 92.6 Å². The highest BCUT2D eigenvalue weighted by molar-refractivity contribution is 5.93. The number of para-hydroxylation sites is 1. The van der Waals surface area contributed by atoms with Crippen molar-refractivity contribution in [2.24, 2.45) is 0 Å². The maximum Gasteiger partial charge on any atom is 0.336 e. The molecular weight excluding hydrogens is 430 g/mol. The summed E-state index contributed by atoms with van der Waals surface area (Å²) in [6.45, 7) is 5.33. The van der Waals surface area contributed by atoms with Crippen LogP contribution in [0.5, 0.6) is 0 Å². The maximum atomic E-state index is 12.2. The molecule has 2 heterocycles. The van der Waals surface area contributed by atoms with E-state index in [0.717, 1.165) is 29.5 Å². The third-order valence-corrected chi connectivity index (χ3v) is 6.74. The van der Waals surface area contributed by atoms with Crippen molar-refractivity contribution in [1.29, 1.82) is 0 Å². The van der Waals surface area contributed by atoms with E-state index >= 15 is 0 Å². The lowest BCUT2D eigenvalue weighted by Gasteiger charge is -2.14. The van der Waals surface area contributed by atoms with Crippen molar-refractivity contribution < 1.29 is 4.42 Å². The first-order chi connectivity index (χ1) is 17.1. The molecule has 0 N–H and O–H groups in total. The molecule has 0 aliphatic carbocycles. The normalized spacial score (nSPS) is 11.3. The highest BCUT2D eigenvalue weighted by Gasteiger charge is 2.16. The van der Waals surface area contributed by atoms with E-state index < -0.39 is 0 Å². The van der Waals surface area contributed by atoms with Gasteiger partial charge in [-0.25, -0.2) is 4.79 Å². The first kappa shape index (κ1) is 22.9. The monoisotopic (exact) mass is 461 g/mol. The summed E-state index contributed by atoms with van der Waals surface area (Å²) >= 11 is 0. The second-order valence-corrected chi connectivity index (χ2v) is 9.26. The van der Waals surface area contributed by atoms with Crippen LogP contribution in [0.4, 0.5) is 0 Å². The molecule has 5 rings (SSSR count). The average molecular weight is 462 g/mol. The Labute approximate surface area is 206 Å². The zero-order chi connectivity index (χ0) is 24.2. The van der Waals surface area contributed by atoms with Gasteiger partial charge in [-0.3, -0.25) is 0 Å². The van der Waals surface area contributed by atoms with Gasteiger partial charge in [-0.05, 0) is 59.2 Å². The van der Waals surface area contributed by atoms with E-state index in [1.807, 2.05) is 24.3 Å². The molecule has 176 valence electrons. The Kier molecular flexibility index (Phi) is 6.67. The molecule has 3 heteroatoms. The molecule has 3 aromatic carbocycles. The Morgan fingerprint density at radius 2 is 1.54 bits per heavy atom. The van der Waals surface area contributed by atoms with Gasteiger partial charge in [0.25, 0.3) is 0 Å². The maximum absolute atomic E-state index is 12.2. The molecule has 0 fully saturated rings. The second-order valence-electron chi connectivity index (χ2n) is 9.26. The Morgan fingerprint density at radius 3 is 2.31 bits per heavy atom. The summed E-state index contributed by atoms with van der Waals surface area (Å²) in [5, 5.41) is 0.948. The summed E-state index contributed by atoms with van der Waals surface area (Å²) in [6, 6.07) is 28.6. The minimum absolute atomic E-state index is 0.326. The molecule has 0 amide bonds. The van der Waals surface area contributed by atoms with E-state index in [0.29, 0.717) is 5.58 Å². The van der Waals surface area contributed by atoms with Crippen LogP contribution in [0.3, 0.4) is 0 Å². The number of nitrogens with zero attached hydrogens (tertiary/aromatic N) is 1. The molecule has 0 atom stereocenters. The van der Waals surface area contributed by atoms with Gasteiger partial charge in [0.15, 0.2) is 0 Å². The van der Waals surface area contributed by atoms with Gasteiger partial charge in [0.05, 0.1) is 5.69 Å². The average Bonchev–Trinajstić information content (AvgIpc) is 3.18. The molecule has 0 aliphatic heterocycles. The predicted molar refractivity (Wildman–Crippen MR) is 145 cm³/mol. The van der Waals surface area contributed by atoms with E-state index in [-0.39, 0.29) is 5.63 Å². The van der Waals surface area contributed by atoms with Crippen molar-refractivity contribution in [3.8, 4) is 22.4 Å². The number of benzene rings is 3. The quantitative estimate of drug-likeness (QED) is 0.173. The van der Waals surface area contributed by atoms with Crippen molar-refractivity contribution in [2.45, 2.75) is 46.1 Å². The van der Waals surface area contributed by atoms with Crippen molar-refractivity contribution in [1.82, 2.24) is 4.57 Å². The predicted octanol–water partition coefficient (Wildman–Crippen LogP) is 8.02. The summed E-state index contributed by atoms with van der Waals surface area (Å²) in [6.07, 6.45) is 7.04. The number of hydrogen-bond acceptors (Lipinski definition) is 2. The Balaban J connectivity index is 1.57. The number of rotatable bonds is 8. The number of aryl methyl sites for hydroxylation is 1. The topological polar surface area (TPSA) is 35.1 Å². The molecule has 0 spiro atoms. The van der Waals surface area contributed by atoms with Gasteiger partial charge in [0, 0.05) is 24.2 Å². The molecule has 35 heavy (non-hydrogen) atoms. The van der Waals surface area contributed by atoms with Crippen LogP contribution < -0.4 is 5.63 Å². The van der Waals surface area contributed by atoms with Crippen LogP contribution >= 0.6 is 0 Å². The fraction of sp³-hybridized carbons (Fsp3) is 0.219. The van der Waals surface area contributed by atoms with Crippen LogP contribution in [0.25, 0.3) is 33.4 Å². The van der Waals surface area contributed by atoms with Crippen LogP contribution in [0, 0.1) is 6.92 Å². The first-order valence-corrected chi connectivity index (χ1v) is 12.5. The lowest BCUT2D eigenvalue weighted by atomic mass is 9.97. The van der Waals surface area contributed by atoms with Crippen LogP contribution in [0.2, 0.25) is 0 Å². The van der Waals surface area contributed by atoms with Gasteiger partial charge >= 0.3 is 5.63 Å². The SMILES string of the molecule is CCCCCc1c(C)cn(Cc2ccccc2)c1-c1ccc(-c2cc(=O)oc3ccccc23)cc1. The van der Waals surface area contributed by atoms with E-state index in [1.54, 1.807) is 6.07 Å². The molecule has 0 saturated heterocycles. The fourth-order valence-electron chi connectivity index (χ4n) is 5.01.